The fourth-order valence-corrected chi connectivity index (χ4v) is 6.03. The number of carbonyl (C=O) groups excluding carboxylic acids is 1. The van der Waals surface area contributed by atoms with Crippen LogP contribution in [0, 0.1) is 30.0 Å². The smallest absolute Gasteiger partial charge is 0.230 e. The third-order valence-electron chi connectivity index (χ3n) is 6.53. The topological polar surface area (TPSA) is 72.7 Å². The van der Waals surface area contributed by atoms with Crippen molar-refractivity contribution in [3.8, 4) is 0 Å². The van der Waals surface area contributed by atoms with Gasteiger partial charge in [-0.05, 0) is 80.7 Å². The van der Waals surface area contributed by atoms with Crippen molar-refractivity contribution in [2.24, 2.45) is 17.3 Å². The molecule has 1 aromatic carbocycles. The van der Waals surface area contributed by atoms with Crippen LogP contribution in [0.25, 0.3) is 0 Å². The van der Waals surface area contributed by atoms with Gasteiger partial charge in [-0.3, -0.25) is 4.79 Å². The Labute approximate surface area is 151 Å². The number of aryl methyl sites for hydroxylation is 1. The number of halogens is 1. The highest BCUT2D eigenvalue weighted by molar-refractivity contribution is 5.95. The number of nitrogens with one attached hydrogen (secondary N) is 1. The van der Waals surface area contributed by atoms with E-state index in [-0.39, 0.29) is 17.3 Å². The second-order valence-corrected chi connectivity index (χ2v) is 8.56. The molecule has 1 amide bonds. The summed E-state index contributed by atoms with van der Waals surface area (Å²) in [6.45, 7) is 1.84. The molecule has 26 heavy (non-hydrogen) atoms. The maximum Gasteiger partial charge on any atom is 0.230 e. The quantitative estimate of drug-likeness (QED) is 0.918. The molecule has 1 aromatic heterocycles. The summed E-state index contributed by atoms with van der Waals surface area (Å²) in [6, 6.07) is 6.11. The number of aromatic nitrogens is 4. The Balaban J connectivity index is 1.47. The molecule has 0 spiro atoms. The Morgan fingerprint density at radius 3 is 2.69 bits per heavy atom. The molecule has 0 saturated heterocycles. The van der Waals surface area contributed by atoms with E-state index < -0.39 is 5.41 Å². The number of tetrazole rings is 1. The van der Waals surface area contributed by atoms with E-state index in [1.165, 1.54) is 18.6 Å². The fourth-order valence-electron chi connectivity index (χ4n) is 6.03. The van der Waals surface area contributed by atoms with Gasteiger partial charge in [-0.1, -0.05) is 6.07 Å². The van der Waals surface area contributed by atoms with Gasteiger partial charge in [0.25, 0.3) is 0 Å². The number of amides is 1. The van der Waals surface area contributed by atoms with Crippen molar-refractivity contribution in [1.82, 2.24) is 20.2 Å². The van der Waals surface area contributed by atoms with Gasteiger partial charge in [-0.2, -0.15) is 4.80 Å². The van der Waals surface area contributed by atoms with Crippen molar-refractivity contribution in [3.63, 3.8) is 0 Å². The molecular formula is C19H22FN5O. The summed E-state index contributed by atoms with van der Waals surface area (Å²) in [5.74, 6) is 1.37. The number of nitrogens with zero attached hydrogens (tertiary/aromatic N) is 4. The van der Waals surface area contributed by atoms with E-state index in [4.69, 9.17) is 0 Å². The van der Waals surface area contributed by atoms with E-state index in [2.05, 4.69) is 20.7 Å². The molecule has 0 radical (unpaired) electrons. The van der Waals surface area contributed by atoms with Crippen LogP contribution in [-0.4, -0.2) is 26.1 Å². The Kier molecular flexibility index (Phi) is 3.27. The molecular weight excluding hydrogens is 333 g/mol. The Hall–Kier alpha value is -2.31. The SMILES string of the molecule is Cc1nnn(C23C[C@H]4C[C@@H](CC(C(=O)Nc5cccc(F)c5)(C4)C2)C3)n1. The predicted octanol–water partition coefficient (Wildman–Crippen LogP) is 3.05. The van der Waals surface area contributed by atoms with E-state index in [0.29, 0.717) is 23.3 Å². The zero-order chi connectivity index (χ0) is 17.9. The van der Waals surface area contributed by atoms with Crippen LogP contribution in [0.3, 0.4) is 0 Å². The second-order valence-electron chi connectivity index (χ2n) is 8.56. The highest BCUT2D eigenvalue weighted by atomic mass is 19.1. The minimum Gasteiger partial charge on any atom is -0.326 e. The molecule has 6 nitrogen and oxygen atoms in total. The van der Waals surface area contributed by atoms with Gasteiger partial charge >= 0.3 is 0 Å². The largest absolute Gasteiger partial charge is 0.326 e. The number of benzene rings is 1. The summed E-state index contributed by atoms with van der Waals surface area (Å²) in [5.41, 5.74) is -0.0998. The first-order valence-electron chi connectivity index (χ1n) is 9.31. The van der Waals surface area contributed by atoms with Crippen LogP contribution >= 0.6 is 0 Å². The summed E-state index contributed by atoms with van der Waals surface area (Å²) < 4.78 is 13.5. The van der Waals surface area contributed by atoms with Crippen molar-refractivity contribution >= 4 is 11.6 Å². The van der Waals surface area contributed by atoms with Crippen LogP contribution in [0.1, 0.15) is 44.3 Å². The van der Waals surface area contributed by atoms with Gasteiger partial charge in [0.2, 0.25) is 5.91 Å². The molecule has 0 unspecified atom stereocenters. The number of anilines is 1. The first-order chi connectivity index (χ1) is 12.5. The molecule has 136 valence electrons. The average Bonchev–Trinajstić information content (AvgIpc) is 3.01. The van der Waals surface area contributed by atoms with E-state index in [0.717, 1.165) is 32.1 Å². The molecule has 2 aromatic rings. The lowest BCUT2D eigenvalue weighted by atomic mass is 9.46. The molecule has 7 heteroatoms. The summed E-state index contributed by atoms with van der Waals surface area (Å²) in [7, 11) is 0. The predicted molar refractivity (Wildman–Crippen MR) is 92.7 cm³/mol. The third kappa shape index (κ3) is 2.36. The minimum absolute atomic E-state index is 0.0124. The molecule has 4 fully saturated rings. The first-order valence-corrected chi connectivity index (χ1v) is 9.31. The molecule has 1 N–H and O–H groups in total. The van der Waals surface area contributed by atoms with Crippen LogP contribution in [0.5, 0.6) is 0 Å². The summed E-state index contributed by atoms with van der Waals surface area (Å²) in [6.07, 6.45) is 5.77. The summed E-state index contributed by atoms with van der Waals surface area (Å²) in [4.78, 5) is 15.0. The van der Waals surface area contributed by atoms with Crippen molar-refractivity contribution in [2.75, 3.05) is 5.32 Å². The van der Waals surface area contributed by atoms with Gasteiger partial charge < -0.3 is 5.32 Å². The highest BCUT2D eigenvalue weighted by Gasteiger charge is 2.62. The zero-order valence-corrected chi connectivity index (χ0v) is 14.8. The molecule has 2 atom stereocenters. The van der Waals surface area contributed by atoms with E-state index in [9.17, 15) is 9.18 Å². The van der Waals surface area contributed by atoms with Crippen LogP contribution in [-0.2, 0) is 10.3 Å². The summed E-state index contributed by atoms with van der Waals surface area (Å²) >= 11 is 0. The first kappa shape index (κ1) is 15.9. The van der Waals surface area contributed by atoms with Crippen LogP contribution in [0.15, 0.2) is 24.3 Å². The Morgan fingerprint density at radius 2 is 2.04 bits per heavy atom. The molecule has 4 aliphatic rings. The number of hydrogen-bond acceptors (Lipinski definition) is 4. The van der Waals surface area contributed by atoms with Crippen molar-refractivity contribution < 1.29 is 9.18 Å². The third-order valence-corrected chi connectivity index (χ3v) is 6.53. The lowest BCUT2D eigenvalue weighted by Gasteiger charge is -2.60. The van der Waals surface area contributed by atoms with Crippen LogP contribution < -0.4 is 5.32 Å². The molecule has 4 bridgehead atoms. The fraction of sp³-hybridized carbons (Fsp3) is 0.579. The van der Waals surface area contributed by atoms with Gasteiger partial charge in [0, 0.05) is 5.69 Å². The average molecular weight is 355 g/mol. The normalized spacial score (nSPS) is 34.8. The van der Waals surface area contributed by atoms with Crippen LogP contribution in [0.4, 0.5) is 10.1 Å². The van der Waals surface area contributed by atoms with Gasteiger partial charge in [-0.25, -0.2) is 4.39 Å². The number of hydrogen-bond donors (Lipinski definition) is 1. The van der Waals surface area contributed by atoms with Gasteiger partial charge in [0.05, 0.1) is 11.0 Å². The van der Waals surface area contributed by atoms with Gasteiger partial charge in [0.1, 0.15) is 5.82 Å². The molecule has 1 heterocycles. The summed E-state index contributed by atoms with van der Waals surface area (Å²) in [5, 5.41) is 15.8. The van der Waals surface area contributed by atoms with Crippen LogP contribution in [0.2, 0.25) is 0 Å². The Bertz CT molecular complexity index is 864. The zero-order valence-electron chi connectivity index (χ0n) is 14.8. The standard InChI is InChI=1S/C19H22FN5O/c1-12-22-24-25(23-12)19-9-13-5-14(10-19)8-18(7-13,11-19)17(26)21-16-4-2-3-15(20)6-16/h2-4,6,13-14H,5,7-11H2,1H3,(H,21,26)/t13-,14-,18?,19?/m0/s1. The molecule has 6 rings (SSSR count). The number of rotatable bonds is 3. The van der Waals surface area contributed by atoms with Crippen molar-refractivity contribution in [3.05, 3.63) is 35.9 Å². The molecule has 0 aliphatic heterocycles. The van der Waals surface area contributed by atoms with Crippen molar-refractivity contribution in [1.29, 1.82) is 0 Å². The Morgan fingerprint density at radius 1 is 1.27 bits per heavy atom. The van der Waals surface area contributed by atoms with Gasteiger partial charge in [-0.15, -0.1) is 10.2 Å². The monoisotopic (exact) mass is 355 g/mol. The highest BCUT2D eigenvalue weighted by Crippen LogP contribution is 2.64. The van der Waals surface area contributed by atoms with Crippen molar-refractivity contribution in [2.45, 2.75) is 51.0 Å². The lowest BCUT2D eigenvalue weighted by molar-refractivity contribution is -0.152. The number of carbonyl (C=O) groups is 1. The van der Waals surface area contributed by atoms with E-state index in [1.807, 2.05) is 6.92 Å². The maximum absolute atomic E-state index is 13.5. The lowest BCUT2D eigenvalue weighted by Crippen LogP contribution is -2.60. The molecule has 4 aliphatic carbocycles. The second kappa shape index (κ2) is 5.34. The van der Waals surface area contributed by atoms with E-state index >= 15 is 0 Å². The maximum atomic E-state index is 13.5. The van der Waals surface area contributed by atoms with Gasteiger partial charge in [0.15, 0.2) is 5.82 Å². The molecule has 4 saturated carbocycles. The minimum atomic E-state index is -0.419. The van der Waals surface area contributed by atoms with E-state index in [1.54, 1.807) is 16.9 Å².